The lowest BCUT2D eigenvalue weighted by Crippen LogP contribution is -2.60. The summed E-state index contributed by atoms with van der Waals surface area (Å²) < 4.78 is 0. The van der Waals surface area contributed by atoms with Crippen molar-refractivity contribution >= 4 is 11.7 Å². The van der Waals surface area contributed by atoms with Crippen LogP contribution in [0.5, 0.6) is 0 Å². The first-order valence-corrected chi connectivity index (χ1v) is 10.6. The van der Waals surface area contributed by atoms with Crippen LogP contribution in [-0.2, 0) is 0 Å². The number of urea groups is 1. The highest BCUT2D eigenvalue weighted by atomic mass is 16.2. The number of carbonyl (C=O) groups is 1. The van der Waals surface area contributed by atoms with Gasteiger partial charge in [-0.3, -0.25) is 4.90 Å². The quantitative estimate of drug-likeness (QED) is 0.815. The molecule has 142 valence electrons. The molecule has 1 aromatic carbocycles. The maximum Gasteiger partial charge on any atom is 0.319 e. The third-order valence-corrected chi connectivity index (χ3v) is 6.64. The fourth-order valence-corrected chi connectivity index (χ4v) is 5.59. The van der Waals surface area contributed by atoms with Gasteiger partial charge in [0.15, 0.2) is 0 Å². The molecule has 3 aliphatic rings. The Morgan fingerprint density at radius 1 is 0.962 bits per heavy atom. The van der Waals surface area contributed by atoms with Gasteiger partial charge < -0.3 is 10.6 Å². The highest BCUT2D eigenvalue weighted by Gasteiger charge is 2.41. The number of anilines is 1. The average molecular weight is 356 g/mol. The maximum absolute atomic E-state index is 12.5. The molecule has 2 N–H and O–H groups in total. The highest BCUT2D eigenvalue weighted by Crippen LogP contribution is 2.39. The van der Waals surface area contributed by atoms with Crippen LogP contribution in [0.4, 0.5) is 10.5 Å². The molecule has 4 heteroatoms. The predicted molar refractivity (Wildman–Crippen MR) is 106 cm³/mol. The van der Waals surface area contributed by atoms with Gasteiger partial charge in [0.1, 0.15) is 0 Å². The standard InChI is InChI=1S/C22H33N3O/c1-16-7-5-8-17(13-16)23-22(26)24-18-14-20-11-6-12-21(15-18)25(20)19-9-3-2-4-10-19/h5,7-8,13,18-21H,2-4,6,9-12,14-15H2,1H3,(H2,23,24,26)/t18?,20-,21+. The van der Waals surface area contributed by atoms with Crippen molar-refractivity contribution in [2.75, 3.05) is 5.32 Å². The molecule has 4 rings (SSSR count). The van der Waals surface area contributed by atoms with Gasteiger partial charge in [-0.2, -0.15) is 0 Å². The summed E-state index contributed by atoms with van der Waals surface area (Å²) in [7, 11) is 0. The first-order valence-electron chi connectivity index (χ1n) is 10.6. The SMILES string of the molecule is Cc1cccc(NC(=O)NC2C[C@H]3CCC[C@@H](C2)N3C2CCCCC2)c1. The van der Waals surface area contributed by atoms with E-state index in [1.165, 1.54) is 51.4 Å². The number of rotatable bonds is 3. The molecule has 4 nitrogen and oxygen atoms in total. The average Bonchev–Trinajstić information content (AvgIpc) is 2.61. The van der Waals surface area contributed by atoms with Crippen molar-refractivity contribution in [1.29, 1.82) is 0 Å². The second-order valence-electron chi connectivity index (χ2n) is 8.61. The molecule has 1 aromatic rings. The fraction of sp³-hybridized carbons (Fsp3) is 0.682. The van der Waals surface area contributed by atoms with E-state index in [-0.39, 0.29) is 6.03 Å². The van der Waals surface area contributed by atoms with Crippen molar-refractivity contribution in [2.45, 2.75) is 95.3 Å². The van der Waals surface area contributed by atoms with E-state index < -0.39 is 0 Å². The van der Waals surface area contributed by atoms with Crippen molar-refractivity contribution in [3.05, 3.63) is 29.8 Å². The van der Waals surface area contributed by atoms with Crippen LogP contribution in [0, 0.1) is 6.92 Å². The Balaban J connectivity index is 1.35. The minimum atomic E-state index is -0.0511. The number of carbonyl (C=O) groups excluding carboxylic acids is 1. The number of nitrogens with one attached hydrogen (secondary N) is 2. The Hall–Kier alpha value is -1.55. The Kier molecular flexibility index (Phi) is 5.49. The van der Waals surface area contributed by atoms with Crippen molar-refractivity contribution in [1.82, 2.24) is 10.2 Å². The lowest BCUT2D eigenvalue weighted by atomic mass is 9.78. The molecule has 2 heterocycles. The van der Waals surface area contributed by atoms with Gasteiger partial charge in [0.2, 0.25) is 0 Å². The van der Waals surface area contributed by atoms with E-state index >= 15 is 0 Å². The Labute approximate surface area is 157 Å². The maximum atomic E-state index is 12.5. The molecular weight excluding hydrogens is 322 g/mol. The molecule has 1 saturated carbocycles. The number of aryl methyl sites for hydroxylation is 1. The van der Waals surface area contributed by atoms with Gasteiger partial charge in [0.25, 0.3) is 0 Å². The van der Waals surface area contributed by atoms with Crippen LogP contribution in [0.1, 0.15) is 69.8 Å². The zero-order valence-corrected chi connectivity index (χ0v) is 16.0. The first kappa shape index (κ1) is 17.8. The molecule has 26 heavy (non-hydrogen) atoms. The summed E-state index contributed by atoms with van der Waals surface area (Å²) in [4.78, 5) is 15.3. The van der Waals surface area contributed by atoms with Crippen molar-refractivity contribution in [2.24, 2.45) is 0 Å². The molecule has 2 amide bonds. The van der Waals surface area contributed by atoms with Crippen LogP contribution in [0.15, 0.2) is 24.3 Å². The molecule has 0 aromatic heterocycles. The third kappa shape index (κ3) is 4.06. The lowest BCUT2D eigenvalue weighted by molar-refractivity contribution is -0.0202. The van der Waals surface area contributed by atoms with Crippen LogP contribution < -0.4 is 10.6 Å². The van der Waals surface area contributed by atoms with Crippen molar-refractivity contribution in [3.8, 4) is 0 Å². The van der Waals surface area contributed by atoms with Gasteiger partial charge in [-0.25, -0.2) is 4.79 Å². The summed E-state index contributed by atoms with van der Waals surface area (Å²) in [5.41, 5.74) is 2.04. The summed E-state index contributed by atoms with van der Waals surface area (Å²) >= 11 is 0. The number of piperidine rings is 2. The van der Waals surface area contributed by atoms with Crippen LogP contribution in [-0.4, -0.2) is 35.1 Å². The van der Waals surface area contributed by atoms with Gasteiger partial charge in [-0.15, -0.1) is 0 Å². The summed E-state index contributed by atoms with van der Waals surface area (Å²) in [5.74, 6) is 0. The topological polar surface area (TPSA) is 44.4 Å². The minimum absolute atomic E-state index is 0.0511. The molecule has 1 unspecified atom stereocenters. The Morgan fingerprint density at radius 3 is 2.35 bits per heavy atom. The lowest BCUT2D eigenvalue weighted by Gasteiger charge is -2.53. The zero-order valence-electron chi connectivity index (χ0n) is 16.0. The summed E-state index contributed by atoms with van der Waals surface area (Å²) in [6.45, 7) is 2.05. The third-order valence-electron chi connectivity index (χ3n) is 6.64. The van der Waals surface area contributed by atoms with Crippen LogP contribution in [0.3, 0.4) is 0 Å². The number of nitrogens with zero attached hydrogens (tertiary/aromatic N) is 1. The molecule has 2 aliphatic heterocycles. The van der Waals surface area contributed by atoms with Gasteiger partial charge in [-0.1, -0.05) is 37.8 Å². The predicted octanol–water partition coefficient (Wildman–Crippen LogP) is 4.83. The van der Waals surface area contributed by atoms with E-state index in [2.05, 4.69) is 15.5 Å². The minimum Gasteiger partial charge on any atom is -0.335 e. The van der Waals surface area contributed by atoms with Gasteiger partial charge in [0, 0.05) is 29.9 Å². The summed E-state index contributed by atoms with van der Waals surface area (Å²) in [5, 5.41) is 6.27. The number of hydrogen-bond acceptors (Lipinski definition) is 2. The molecule has 0 spiro atoms. The van der Waals surface area contributed by atoms with Gasteiger partial charge >= 0.3 is 6.03 Å². The molecule has 2 bridgehead atoms. The molecule has 3 atom stereocenters. The van der Waals surface area contributed by atoms with E-state index in [1.54, 1.807) is 0 Å². The van der Waals surface area contributed by atoms with Crippen LogP contribution in [0.25, 0.3) is 0 Å². The normalized spacial score (nSPS) is 30.0. The first-order chi connectivity index (χ1) is 12.7. The van der Waals surface area contributed by atoms with E-state index in [4.69, 9.17) is 0 Å². The van der Waals surface area contributed by atoms with Gasteiger partial charge in [-0.05, 0) is 63.1 Å². The monoisotopic (exact) mass is 355 g/mol. The van der Waals surface area contributed by atoms with Gasteiger partial charge in [0.05, 0.1) is 0 Å². The summed E-state index contributed by atoms with van der Waals surface area (Å²) in [6.07, 6.45) is 13.2. The number of hydrogen-bond donors (Lipinski definition) is 2. The van der Waals surface area contributed by atoms with Crippen molar-refractivity contribution < 1.29 is 4.79 Å². The fourth-order valence-electron chi connectivity index (χ4n) is 5.59. The molecule has 0 radical (unpaired) electrons. The Morgan fingerprint density at radius 2 is 1.65 bits per heavy atom. The largest absolute Gasteiger partial charge is 0.335 e. The van der Waals surface area contributed by atoms with E-state index in [1.807, 2.05) is 31.2 Å². The molecule has 2 saturated heterocycles. The van der Waals surface area contributed by atoms with Crippen molar-refractivity contribution in [3.63, 3.8) is 0 Å². The molecular formula is C22H33N3O. The zero-order chi connectivity index (χ0) is 17.9. The smallest absolute Gasteiger partial charge is 0.319 e. The molecule has 3 fully saturated rings. The number of benzene rings is 1. The second-order valence-corrected chi connectivity index (χ2v) is 8.61. The van der Waals surface area contributed by atoms with E-state index in [0.717, 1.165) is 30.1 Å². The van der Waals surface area contributed by atoms with E-state index in [0.29, 0.717) is 18.1 Å². The number of amides is 2. The Bertz CT molecular complexity index is 612. The number of fused-ring (bicyclic) bond motifs is 2. The second kappa shape index (κ2) is 7.99. The van der Waals surface area contributed by atoms with E-state index in [9.17, 15) is 4.79 Å². The van der Waals surface area contributed by atoms with Crippen LogP contribution in [0.2, 0.25) is 0 Å². The molecule has 1 aliphatic carbocycles. The highest BCUT2D eigenvalue weighted by molar-refractivity contribution is 5.89. The van der Waals surface area contributed by atoms with Crippen LogP contribution >= 0.6 is 0 Å². The summed E-state index contributed by atoms with van der Waals surface area (Å²) in [6, 6.07) is 10.4.